The molecule has 0 N–H and O–H groups in total. The first kappa shape index (κ1) is 17.3. The first-order valence-electron chi connectivity index (χ1n) is 5.93. The molecule has 1 aromatic rings. The maximum Gasteiger partial charge on any atom is 0.149 e. The number of ether oxygens (including phenoxy) is 1. The van der Waals surface area contributed by atoms with Gasteiger partial charge in [-0.1, -0.05) is 31.5 Å². The van der Waals surface area contributed by atoms with Crippen LogP contribution in [0.25, 0.3) is 0 Å². The van der Waals surface area contributed by atoms with Crippen LogP contribution in [0.4, 0.5) is 0 Å². The van der Waals surface area contributed by atoms with E-state index in [0.717, 1.165) is 5.75 Å². The van der Waals surface area contributed by atoms with Crippen LogP contribution in [0, 0.1) is 0 Å². The van der Waals surface area contributed by atoms with Crippen molar-refractivity contribution in [3.63, 3.8) is 0 Å². The summed E-state index contributed by atoms with van der Waals surface area (Å²) in [5.41, 5.74) is 0. The molecule has 0 saturated heterocycles. The van der Waals surface area contributed by atoms with Crippen molar-refractivity contribution in [3.05, 3.63) is 29.3 Å². The van der Waals surface area contributed by atoms with E-state index in [1.807, 2.05) is 38.1 Å². The van der Waals surface area contributed by atoms with Crippen LogP contribution < -0.4 is 4.74 Å². The predicted molar refractivity (Wildman–Crippen MR) is 77.2 cm³/mol. The second kappa shape index (κ2) is 8.38. The van der Waals surface area contributed by atoms with Crippen molar-refractivity contribution in [2.45, 2.75) is 33.8 Å². The fraction of sp³-hybridized carbons (Fsp3) is 0.538. The Morgan fingerprint density at radius 1 is 1.22 bits per heavy atom. The minimum atomic E-state index is -2.66. The Balaban J connectivity index is 0.000000360. The van der Waals surface area contributed by atoms with Crippen LogP contribution in [0.2, 0.25) is 5.02 Å². The molecule has 3 nitrogen and oxygen atoms in total. The Bertz CT molecular complexity index is 431. The van der Waals surface area contributed by atoms with Gasteiger partial charge in [-0.15, -0.1) is 0 Å². The molecular formula is C13H21ClO3S. The van der Waals surface area contributed by atoms with Crippen molar-refractivity contribution in [2.75, 3.05) is 11.5 Å². The number of rotatable bonds is 4. The molecule has 0 aliphatic carbocycles. The minimum absolute atomic E-state index is 0.202. The van der Waals surface area contributed by atoms with E-state index in [0.29, 0.717) is 5.02 Å². The van der Waals surface area contributed by atoms with Gasteiger partial charge in [0.25, 0.3) is 0 Å². The summed E-state index contributed by atoms with van der Waals surface area (Å²) < 4.78 is 26.1. The second-order valence-electron chi connectivity index (χ2n) is 3.94. The van der Waals surface area contributed by atoms with E-state index >= 15 is 0 Å². The van der Waals surface area contributed by atoms with Gasteiger partial charge in [0.05, 0.1) is 6.10 Å². The third kappa shape index (κ3) is 8.37. The third-order valence-electron chi connectivity index (χ3n) is 2.05. The molecule has 0 unspecified atom stereocenters. The van der Waals surface area contributed by atoms with Crippen molar-refractivity contribution in [3.8, 4) is 5.75 Å². The molecule has 5 heteroatoms. The highest BCUT2D eigenvalue weighted by atomic mass is 35.5. The zero-order valence-electron chi connectivity index (χ0n) is 11.3. The van der Waals surface area contributed by atoms with E-state index in [4.69, 9.17) is 16.3 Å². The SMILES string of the molecule is CC(C)Oc1cccc(Cl)c1.CCS(=O)(=O)CC. The molecule has 0 fully saturated rings. The normalized spacial score (nSPS) is 10.8. The lowest BCUT2D eigenvalue weighted by Gasteiger charge is -2.08. The van der Waals surface area contributed by atoms with Gasteiger partial charge < -0.3 is 4.74 Å². The molecule has 0 amide bonds. The molecule has 0 radical (unpaired) electrons. The van der Waals surface area contributed by atoms with Crippen molar-refractivity contribution in [1.82, 2.24) is 0 Å². The molecule has 0 aliphatic heterocycles. The monoisotopic (exact) mass is 292 g/mol. The molecule has 0 heterocycles. The number of benzene rings is 1. The highest BCUT2D eigenvalue weighted by molar-refractivity contribution is 7.91. The summed E-state index contributed by atoms with van der Waals surface area (Å²) in [5, 5.41) is 0.711. The molecule has 1 aromatic carbocycles. The Morgan fingerprint density at radius 2 is 1.78 bits per heavy atom. The van der Waals surface area contributed by atoms with Crippen molar-refractivity contribution < 1.29 is 13.2 Å². The molecule has 0 aliphatic rings. The molecule has 0 spiro atoms. The summed E-state index contributed by atoms with van der Waals surface area (Å²) >= 11 is 5.75. The molecule has 0 bridgehead atoms. The van der Waals surface area contributed by atoms with Gasteiger partial charge in [0.2, 0.25) is 0 Å². The lowest BCUT2D eigenvalue weighted by atomic mass is 10.3. The van der Waals surface area contributed by atoms with E-state index in [-0.39, 0.29) is 17.6 Å². The Kier molecular flexibility index (Phi) is 8.03. The van der Waals surface area contributed by atoms with Crippen LogP contribution in [0.5, 0.6) is 5.75 Å². The van der Waals surface area contributed by atoms with Gasteiger partial charge >= 0.3 is 0 Å². The predicted octanol–water partition coefficient (Wildman–Crippen LogP) is 3.57. The fourth-order valence-electron chi connectivity index (χ4n) is 1.02. The number of hydrogen-bond donors (Lipinski definition) is 0. The molecule has 18 heavy (non-hydrogen) atoms. The fourth-order valence-corrected chi connectivity index (χ4v) is 1.61. The van der Waals surface area contributed by atoms with Gasteiger partial charge in [0.1, 0.15) is 15.6 Å². The van der Waals surface area contributed by atoms with Gasteiger partial charge in [-0.3, -0.25) is 0 Å². The Hall–Kier alpha value is -0.740. The quantitative estimate of drug-likeness (QED) is 0.852. The highest BCUT2D eigenvalue weighted by Crippen LogP contribution is 2.17. The maximum absolute atomic E-state index is 10.4. The largest absolute Gasteiger partial charge is 0.491 e. The summed E-state index contributed by atoms with van der Waals surface area (Å²) in [7, 11) is -2.66. The summed E-state index contributed by atoms with van der Waals surface area (Å²) in [4.78, 5) is 0. The summed E-state index contributed by atoms with van der Waals surface area (Å²) in [6.07, 6.45) is 0.202. The van der Waals surface area contributed by atoms with Crippen LogP contribution in [-0.2, 0) is 9.84 Å². The molecule has 1 rings (SSSR count). The Morgan fingerprint density at radius 3 is 2.11 bits per heavy atom. The van der Waals surface area contributed by atoms with Gasteiger partial charge in [-0.2, -0.15) is 0 Å². The van der Waals surface area contributed by atoms with Gasteiger partial charge in [-0.25, -0.2) is 8.42 Å². The molecular weight excluding hydrogens is 272 g/mol. The van der Waals surface area contributed by atoms with Gasteiger partial charge in [0, 0.05) is 16.5 Å². The van der Waals surface area contributed by atoms with Crippen molar-refractivity contribution >= 4 is 21.4 Å². The molecule has 0 atom stereocenters. The van der Waals surface area contributed by atoms with Gasteiger partial charge in [0.15, 0.2) is 0 Å². The van der Waals surface area contributed by atoms with E-state index in [2.05, 4.69) is 0 Å². The lowest BCUT2D eigenvalue weighted by molar-refractivity contribution is 0.242. The minimum Gasteiger partial charge on any atom is -0.491 e. The zero-order valence-corrected chi connectivity index (χ0v) is 12.9. The molecule has 104 valence electrons. The zero-order chi connectivity index (χ0) is 14.2. The van der Waals surface area contributed by atoms with E-state index < -0.39 is 9.84 Å². The van der Waals surface area contributed by atoms with Crippen LogP contribution >= 0.6 is 11.6 Å². The Labute approximate surface area is 115 Å². The summed E-state index contributed by atoms with van der Waals surface area (Å²) in [6, 6.07) is 7.40. The second-order valence-corrected chi connectivity index (χ2v) is 7.02. The number of hydrogen-bond acceptors (Lipinski definition) is 3. The van der Waals surface area contributed by atoms with E-state index in [1.54, 1.807) is 13.8 Å². The van der Waals surface area contributed by atoms with Crippen LogP contribution in [-0.4, -0.2) is 26.0 Å². The van der Waals surface area contributed by atoms with Gasteiger partial charge in [-0.05, 0) is 32.0 Å². The summed E-state index contributed by atoms with van der Waals surface area (Å²) in [5.74, 6) is 1.36. The average Bonchev–Trinajstić information content (AvgIpc) is 2.29. The molecule has 0 aromatic heterocycles. The first-order chi connectivity index (χ1) is 8.30. The van der Waals surface area contributed by atoms with Crippen molar-refractivity contribution in [1.29, 1.82) is 0 Å². The van der Waals surface area contributed by atoms with E-state index in [1.165, 1.54) is 0 Å². The average molecular weight is 293 g/mol. The standard InChI is InChI=1S/C9H11ClO.C4H10O2S/c1-7(2)11-9-5-3-4-8(10)6-9;1-3-7(5,6)4-2/h3-7H,1-2H3;3-4H2,1-2H3. The van der Waals surface area contributed by atoms with E-state index in [9.17, 15) is 8.42 Å². The summed E-state index contributed by atoms with van der Waals surface area (Å²) in [6.45, 7) is 7.28. The van der Waals surface area contributed by atoms with Crippen molar-refractivity contribution in [2.24, 2.45) is 0 Å². The lowest BCUT2D eigenvalue weighted by Crippen LogP contribution is -2.04. The molecule has 0 saturated carbocycles. The first-order valence-corrected chi connectivity index (χ1v) is 8.13. The maximum atomic E-state index is 10.4. The topological polar surface area (TPSA) is 43.4 Å². The van der Waals surface area contributed by atoms with Crippen LogP contribution in [0.1, 0.15) is 27.7 Å². The van der Waals surface area contributed by atoms with Crippen LogP contribution in [0.3, 0.4) is 0 Å². The highest BCUT2D eigenvalue weighted by Gasteiger charge is 1.99. The smallest absolute Gasteiger partial charge is 0.149 e. The third-order valence-corrected chi connectivity index (χ3v) is 4.04. The number of sulfone groups is 1. The number of halogens is 1. The van der Waals surface area contributed by atoms with Crippen LogP contribution in [0.15, 0.2) is 24.3 Å².